The second-order valence-corrected chi connectivity index (χ2v) is 5.33. The first-order chi connectivity index (χ1) is 9.10. The maximum absolute atomic E-state index is 13.7. The fraction of sp³-hybridized carbons (Fsp3) is 0.143. The van der Waals surface area contributed by atoms with Crippen molar-refractivity contribution in [2.24, 2.45) is 0 Å². The predicted octanol–water partition coefficient (Wildman–Crippen LogP) is 5.61. The minimum Gasteiger partial charge on any atom is -0.486 e. The molecule has 0 saturated heterocycles. The number of ether oxygens (including phenoxy) is 1. The van der Waals surface area contributed by atoms with Crippen LogP contribution in [0.5, 0.6) is 5.75 Å². The smallest absolute Gasteiger partial charge is 0.165 e. The highest BCUT2D eigenvalue weighted by molar-refractivity contribution is 9.08. The van der Waals surface area contributed by atoms with Gasteiger partial charge in [0.05, 0.1) is 0 Å². The van der Waals surface area contributed by atoms with Crippen LogP contribution in [0.2, 0.25) is 10.0 Å². The third-order valence-electron chi connectivity index (χ3n) is 2.55. The van der Waals surface area contributed by atoms with E-state index in [2.05, 4.69) is 15.9 Å². The Hall–Kier alpha value is -0.770. The summed E-state index contributed by atoms with van der Waals surface area (Å²) in [6, 6.07) is 9.96. The largest absolute Gasteiger partial charge is 0.486 e. The van der Waals surface area contributed by atoms with Gasteiger partial charge in [0, 0.05) is 20.9 Å². The quantitative estimate of drug-likeness (QED) is 0.642. The van der Waals surface area contributed by atoms with Crippen molar-refractivity contribution in [2.45, 2.75) is 11.9 Å². The average Bonchev–Trinajstić information content (AvgIpc) is 2.39. The summed E-state index contributed by atoms with van der Waals surface area (Å²) in [6.45, 7) is 0.195. The molecule has 5 heteroatoms. The normalized spacial score (nSPS) is 10.5. The number of rotatable bonds is 4. The zero-order chi connectivity index (χ0) is 13.8. The van der Waals surface area contributed by atoms with E-state index in [1.807, 2.05) is 0 Å². The maximum atomic E-state index is 13.7. The van der Waals surface area contributed by atoms with Gasteiger partial charge in [-0.2, -0.15) is 0 Å². The number of benzene rings is 2. The Morgan fingerprint density at radius 1 is 1.11 bits per heavy atom. The van der Waals surface area contributed by atoms with E-state index in [0.29, 0.717) is 15.4 Å². The van der Waals surface area contributed by atoms with Gasteiger partial charge in [0.25, 0.3) is 0 Å². The summed E-state index contributed by atoms with van der Waals surface area (Å²) in [6.07, 6.45) is 0. The fourth-order valence-electron chi connectivity index (χ4n) is 1.54. The van der Waals surface area contributed by atoms with Crippen molar-refractivity contribution in [3.05, 3.63) is 63.4 Å². The zero-order valence-electron chi connectivity index (χ0n) is 9.80. The Morgan fingerprint density at radius 3 is 2.53 bits per heavy atom. The van der Waals surface area contributed by atoms with E-state index in [4.69, 9.17) is 27.9 Å². The predicted molar refractivity (Wildman–Crippen MR) is 79.8 cm³/mol. The van der Waals surface area contributed by atoms with Gasteiger partial charge in [-0.1, -0.05) is 51.3 Å². The van der Waals surface area contributed by atoms with Crippen molar-refractivity contribution >= 4 is 39.1 Å². The van der Waals surface area contributed by atoms with Crippen LogP contribution in [0, 0.1) is 5.82 Å². The molecule has 0 N–H and O–H groups in total. The summed E-state index contributed by atoms with van der Waals surface area (Å²) < 4.78 is 19.1. The van der Waals surface area contributed by atoms with Crippen LogP contribution in [-0.4, -0.2) is 0 Å². The Bertz CT molecular complexity index is 590. The molecule has 0 fully saturated rings. The summed E-state index contributed by atoms with van der Waals surface area (Å²) in [5.74, 6) is -0.183. The first kappa shape index (κ1) is 14.6. The second-order valence-electron chi connectivity index (χ2n) is 3.92. The molecule has 2 aromatic rings. The fourth-order valence-corrected chi connectivity index (χ4v) is 2.35. The summed E-state index contributed by atoms with van der Waals surface area (Å²) in [5, 5.41) is 1.67. The monoisotopic (exact) mass is 362 g/mol. The van der Waals surface area contributed by atoms with Gasteiger partial charge in [-0.3, -0.25) is 0 Å². The lowest BCUT2D eigenvalue weighted by Crippen LogP contribution is -1.98. The number of hydrogen-bond donors (Lipinski definition) is 0. The van der Waals surface area contributed by atoms with Gasteiger partial charge in [-0.15, -0.1) is 0 Å². The summed E-state index contributed by atoms with van der Waals surface area (Å²) >= 11 is 15.1. The molecule has 2 aromatic carbocycles. The molecular weight excluding hydrogens is 354 g/mol. The summed E-state index contributed by atoms with van der Waals surface area (Å²) in [7, 11) is 0. The molecule has 0 spiro atoms. The first-order valence-electron chi connectivity index (χ1n) is 5.51. The van der Waals surface area contributed by atoms with E-state index < -0.39 is 0 Å². The molecule has 0 aliphatic rings. The molecule has 0 unspecified atom stereocenters. The number of hydrogen-bond acceptors (Lipinski definition) is 1. The molecule has 19 heavy (non-hydrogen) atoms. The molecule has 0 aliphatic carbocycles. The topological polar surface area (TPSA) is 9.23 Å². The van der Waals surface area contributed by atoms with E-state index in [1.165, 1.54) is 6.07 Å². The van der Waals surface area contributed by atoms with Crippen LogP contribution in [0.3, 0.4) is 0 Å². The van der Waals surface area contributed by atoms with Gasteiger partial charge < -0.3 is 4.74 Å². The van der Waals surface area contributed by atoms with Crippen LogP contribution in [0.4, 0.5) is 4.39 Å². The lowest BCUT2D eigenvalue weighted by atomic mass is 10.2. The van der Waals surface area contributed by atoms with E-state index in [1.54, 1.807) is 30.3 Å². The van der Waals surface area contributed by atoms with Crippen molar-refractivity contribution < 1.29 is 9.13 Å². The van der Waals surface area contributed by atoms with E-state index in [0.717, 1.165) is 11.1 Å². The van der Waals surface area contributed by atoms with Gasteiger partial charge >= 0.3 is 0 Å². The van der Waals surface area contributed by atoms with E-state index >= 15 is 0 Å². The molecule has 0 heterocycles. The molecule has 0 aliphatic heterocycles. The Labute approximate surface area is 129 Å². The molecule has 0 bridgehead atoms. The van der Waals surface area contributed by atoms with Crippen molar-refractivity contribution in [3.8, 4) is 5.75 Å². The first-order valence-corrected chi connectivity index (χ1v) is 7.39. The highest BCUT2D eigenvalue weighted by Crippen LogP contribution is 2.24. The third kappa shape index (κ3) is 3.85. The molecule has 100 valence electrons. The van der Waals surface area contributed by atoms with Crippen LogP contribution in [0.25, 0.3) is 0 Å². The van der Waals surface area contributed by atoms with Gasteiger partial charge in [-0.05, 0) is 29.8 Å². The molecular formula is C14H10BrCl2FO. The Morgan fingerprint density at radius 2 is 1.89 bits per heavy atom. The minimum atomic E-state index is -0.387. The molecule has 0 saturated carbocycles. The molecule has 0 radical (unpaired) electrons. The van der Waals surface area contributed by atoms with Crippen molar-refractivity contribution in [1.82, 2.24) is 0 Å². The van der Waals surface area contributed by atoms with E-state index in [9.17, 15) is 4.39 Å². The average molecular weight is 364 g/mol. The lowest BCUT2D eigenvalue weighted by Gasteiger charge is -2.09. The second kappa shape index (κ2) is 6.60. The van der Waals surface area contributed by atoms with Crippen LogP contribution >= 0.6 is 39.1 Å². The Balaban J connectivity index is 2.10. The van der Waals surface area contributed by atoms with Gasteiger partial charge in [0.15, 0.2) is 11.6 Å². The van der Waals surface area contributed by atoms with Gasteiger partial charge in [0.2, 0.25) is 0 Å². The maximum Gasteiger partial charge on any atom is 0.165 e. The molecule has 0 atom stereocenters. The van der Waals surface area contributed by atoms with Crippen LogP contribution in [0.15, 0.2) is 36.4 Å². The SMILES string of the molecule is Fc1cc(CBr)ccc1OCc1ccc(Cl)cc1Cl. The standard InChI is InChI=1S/C14H10BrCl2FO/c15-7-9-1-4-14(13(18)5-9)19-8-10-2-3-11(16)6-12(10)17/h1-6H,7-8H2. The van der Waals surface area contributed by atoms with Gasteiger partial charge in [-0.25, -0.2) is 4.39 Å². The minimum absolute atomic E-state index is 0.195. The van der Waals surface area contributed by atoms with Crippen LogP contribution in [0.1, 0.15) is 11.1 Å². The summed E-state index contributed by atoms with van der Waals surface area (Å²) in [4.78, 5) is 0. The van der Waals surface area contributed by atoms with Crippen LogP contribution in [-0.2, 0) is 11.9 Å². The third-order valence-corrected chi connectivity index (χ3v) is 3.78. The zero-order valence-corrected chi connectivity index (χ0v) is 12.9. The number of halogens is 4. The highest BCUT2D eigenvalue weighted by Gasteiger charge is 2.07. The van der Waals surface area contributed by atoms with E-state index in [-0.39, 0.29) is 18.2 Å². The van der Waals surface area contributed by atoms with Crippen molar-refractivity contribution in [3.63, 3.8) is 0 Å². The molecule has 2 rings (SSSR count). The van der Waals surface area contributed by atoms with Gasteiger partial charge in [0.1, 0.15) is 6.61 Å². The van der Waals surface area contributed by atoms with Crippen LogP contribution < -0.4 is 4.74 Å². The lowest BCUT2D eigenvalue weighted by molar-refractivity contribution is 0.290. The summed E-state index contributed by atoms with van der Waals surface area (Å²) in [5.41, 5.74) is 1.62. The molecule has 1 nitrogen and oxygen atoms in total. The van der Waals surface area contributed by atoms with Crippen molar-refractivity contribution in [1.29, 1.82) is 0 Å². The molecule has 0 aromatic heterocycles. The highest BCUT2D eigenvalue weighted by atomic mass is 79.9. The molecule has 0 amide bonds. The van der Waals surface area contributed by atoms with Crippen molar-refractivity contribution in [2.75, 3.05) is 0 Å². The number of alkyl halides is 1. The Kier molecular flexibility index (Phi) is 5.08.